The molecule has 0 unspecified atom stereocenters. The van der Waals surface area contributed by atoms with Crippen LogP contribution in [0.1, 0.15) is 0 Å². The van der Waals surface area contributed by atoms with Gasteiger partial charge in [0.2, 0.25) is 0 Å². The Morgan fingerprint density at radius 3 is 1.00 bits per heavy atom. The van der Waals surface area contributed by atoms with Crippen molar-refractivity contribution >= 4 is 0 Å². The quantitative estimate of drug-likeness (QED) is 0.400. The van der Waals surface area contributed by atoms with Gasteiger partial charge in [-0.3, -0.25) is 13.8 Å². The normalized spacial score (nSPS) is 1.50. The zero-order valence-electron chi connectivity index (χ0n) is 2.19. The van der Waals surface area contributed by atoms with Gasteiger partial charge in [0.15, 0.2) is 0 Å². The number of halogens is 3. The standard InChI is InChI=1S/CH3F.2FH/c1-2;;/h1H3;2*1H. The van der Waals surface area contributed by atoms with Crippen LogP contribution >= 0.6 is 0 Å². The summed E-state index contributed by atoms with van der Waals surface area (Å²) < 4.78 is 9.50. The molecular formula is CH5F3. The van der Waals surface area contributed by atoms with Gasteiger partial charge in [-0.15, -0.1) is 0 Å². The van der Waals surface area contributed by atoms with Crippen molar-refractivity contribution in [2.45, 2.75) is 0 Å². The Morgan fingerprint density at radius 1 is 1.00 bits per heavy atom. The largest absolute Gasteiger partial charge is 0.269 e. The van der Waals surface area contributed by atoms with Crippen LogP contribution in [0.2, 0.25) is 0 Å². The van der Waals surface area contributed by atoms with E-state index in [4.69, 9.17) is 0 Å². The van der Waals surface area contributed by atoms with Gasteiger partial charge in [-0.25, -0.2) is 0 Å². The molecule has 0 aliphatic heterocycles. The van der Waals surface area contributed by atoms with Crippen LogP contribution in [0.25, 0.3) is 0 Å². The van der Waals surface area contributed by atoms with Gasteiger partial charge >= 0.3 is 0 Å². The van der Waals surface area contributed by atoms with Gasteiger partial charge < -0.3 is 0 Å². The summed E-state index contributed by atoms with van der Waals surface area (Å²) in [6.07, 6.45) is 0. The Morgan fingerprint density at radius 2 is 1.00 bits per heavy atom. The summed E-state index contributed by atoms with van der Waals surface area (Å²) in [6.45, 7) is 0. The van der Waals surface area contributed by atoms with Crippen LogP contribution in [0.4, 0.5) is 13.8 Å². The first kappa shape index (κ1) is 47.3. The lowest BCUT2D eigenvalue weighted by atomic mass is 11.9. The van der Waals surface area contributed by atoms with E-state index in [9.17, 15) is 4.39 Å². The lowest BCUT2D eigenvalue weighted by Gasteiger charge is -1.10. The summed E-state index contributed by atoms with van der Waals surface area (Å²) in [5.74, 6) is 0. The minimum Gasteiger partial charge on any atom is -0.269 e. The van der Waals surface area contributed by atoms with Crippen LogP contribution < -0.4 is 0 Å². The van der Waals surface area contributed by atoms with E-state index in [0.29, 0.717) is 7.18 Å². The summed E-state index contributed by atoms with van der Waals surface area (Å²) in [7, 11) is 0.500. The summed E-state index contributed by atoms with van der Waals surface area (Å²) in [6, 6.07) is 0. The zero-order chi connectivity index (χ0) is 2.00. The molecule has 0 atom stereocenters. The second-order valence-electron chi connectivity index (χ2n) is 0. The van der Waals surface area contributed by atoms with Crippen LogP contribution in [0.5, 0.6) is 0 Å². The van der Waals surface area contributed by atoms with Gasteiger partial charge in [-0.1, -0.05) is 0 Å². The minimum absolute atomic E-state index is 0. The van der Waals surface area contributed by atoms with Crippen LogP contribution in [-0.4, -0.2) is 7.18 Å². The fraction of sp³-hybridized carbons (Fsp3) is 1.00. The summed E-state index contributed by atoms with van der Waals surface area (Å²) in [5.41, 5.74) is 0. The van der Waals surface area contributed by atoms with Gasteiger partial charge in [0, 0.05) is 0 Å². The van der Waals surface area contributed by atoms with Crippen LogP contribution in [0.15, 0.2) is 0 Å². The fourth-order valence-electron chi connectivity index (χ4n) is 0. The average molecular weight is 74.0 g/mol. The monoisotopic (exact) mass is 74.0 g/mol. The molecule has 0 rings (SSSR count). The number of hydrogen-bond acceptors (Lipinski definition) is 0. The maximum atomic E-state index is 9.50. The Hall–Kier alpha value is -0.210. The third-order valence-electron chi connectivity index (χ3n) is 0. The smallest absolute Gasteiger partial charge is 0.0785 e. The summed E-state index contributed by atoms with van der Waals surface area (Å²) >= 11 is 0. The molecule has 0 bridgehead atoms. The number of rotatable bonds is 0. The third kappa shape index (κ3) is 25.3. The molecule has 0 amide bonds. The number of alkyl halides is 1. The van der Waals surface area contributed by atoms with Gasteiger partial charge in [0.05, 0.1) is 7.18 Å². The SMILES string of the molecule is CF.F.F. The van der Waals surface area contributed by atoms with Crippen LogP contribution in [0, 0.1) is 0 Å². The van der Waals surface area contributed by atoms with E-state index in [-0.39, 0.29) is 9.41 Å². The summed E-state index contributed by atoms with van der Waals surface area (Å²) in [5, 5.41) is 0. The molecule has 0 aromatic rings. The maximum absolute atomic E-state index is 9.50. The molecular weight excluding hydrogens is 69.0 g/mol. The molecule has 0 spiro atoms. The van der Waals surface area contributed by atoms with E-state index in [1.165, 1.54) is 0 Å². The van der Waals surface area contributed by atoms with E-state index >= 15 is 0 Å². The molecule has 0 radical (unpaired) electrons. The van der Waals surface area contributed by atoms with Crippen LogP contribution in [-0.2, 0) is 0 Å². The van der Waals surface area contributed by atoms with Crippen molar-refractivity contribution in [1.29, 1.82) is 0 Å². The van der Waals surface area contributed by atoms with Crippen molar-refractivity contribution in [2.75, 3.05) is 7.18 Å². The minimum atomic E-state index is 0. The Labute approximate surface area is 22.4 Å². The van der Waals surface area contributed by atoms with E-state index in [2.05, 4.69) is 0 Å². The Kier molecular flexibility index (Phi) is 2400. The van der Waals surface area contributed by atoms with Crippen molar-refractivity contribution in [1.82, 2.24) is 0 Å². The lowest BCUT2D eigenvalue weighted by Crippen LogP contribution is -0.939. The second-order valence-corrected chi connectivity index (χ2v) is 0. The van der Waals surface area contributed by atoms with Crippen molar-refractivity contribution in [3.63, 3.8) is 0 Å². The van der Waals surface area contributed by atoms with Gasteiger partial charge in [-0.05, 0) is 0 Å². The molecule has 0 aliphatic rings. The highest BCUT2D eigenvalue weighted by Crippen LogP contribution is 1.16. The highest BCUT2D eigenvalue weighted by Gasteiger charge is 0.926. The molecule has 0 aliphatic carbocycles. The van der Waals surface area contributed by atoms with Crippen molar-refractivity contribution in [3.05, 3.63) is 0 Å². The number of hydrogen-bond donors (Lipinski definition) is 0. The van der Waals surface area contributed by atoms with Crippen molar-refractivity contribution < 1.29 is 13.8 Å². The lowest BCUT2D eigenvalue weighted by molar-refractivity contribution is 0.636. The fourth-order valence-corrected chi connectivity index (χ4v) is 0. The molecule has 0 aromatic carbocycles. The van der Waals surface area contributed by atoms with E-state index in [0.717, 1.165) is 0 Å². The first-order chi connectivity index (χ1) is 1.00. The van der Waals surface area contributed by atoms with Gasteiger partial charge in [0.1, 0.15) is 0 Å². The highest BCUT2D eigenvalue weighted by molar-refractivity contribution is 3.23. The molecule has 30 valence electrons. The molecule has 0 saturated carbocycles. The highest BCUT2D eigenvalue weighted by atomic mass is 19.1. The predicted molar refractivity (Wildman–Crippen MR) is 12.0 cm³/mol. The summed E-state index contributed by atoms with van der Waals surface area (Å²) in [4.78, 5) is 0. The third-order valence-corrected chi connectivity index (χ3v) is 0. The average Bonchev–Trinajstić information content (AvgIpc) is 1.00. The zero-order valence-corrected chi connectivity index (χ0v) is 2.19. The predicted octanol–water partition coefficient (Wildman–Crippen LogP) is 0.891. The topological polar surface area (TPSA) is 0 Å². The van der Waals surface area contributed by atoms with Crippen molar-refractivity contribution in [3.8, 4) is 0 Å². The molecule has 0 heterocycles. The van der Waals surface area contributed by atoms with E-state index in [1.807, 2.05) is 0 Å². The van der Waals surface area contributed by atoms with Gasteiger partial charge in [0.25, 0.3) is 0 Å². The molecule has 0 fully saturated rings. The first-order valence-electron chi connectivity index (χ1n) is 0.378. The molecule has 3 heteroatoms. The molecule has 4 heavy (non-hydrogen) atoms. The maximum Gasteiger partial charge on any atom is 0.0785 e. The first-order valence-corrected chi connectivity index (χ1v) is 0.378. The molecule has 0 N–H and O–H groups in total. The van der Waals surface area contributed by atoms with E-state index in [1.54, 1.807) is 0 Å². The Bertz CT molecular complexity index is 3.25. The molecule has 0 aromatic heterocycles. The molecule has 0 nitrogen and oxygen atoms in total. The van der Waals surface area contributed by atoms with Crippen molar-refractivity contribution in [2.24, 2.45) is 0 Å². The van der Waals surface area contributed by atoms with E-state index < -0.39 is 0 Å². The Balaban J connectivity index is -0.00000000500. The molecule has 0 saturated heterocycles. The van der Waals surface area contributed by atoms with Crippen LogP contribution in [0.3, 0.4) is 0 Å². The van der Waals surface area contributed by atoms with Gasteiger partial charge in [-0.2, -0.15) is 0 Å². The second kappa shape index (κ2) is 203.